The van der Waals surface area contributed by atoms with Crippen molar-refractivity contribution >= 4 is 17.6 Å². The standard InChI is InChI=1S/C15H13NO4/c1-9-2-7-12(8-13(9)17)16-14(18)10-3-5-11(6-4-10)15(19)20/h2-8,17H,1H3,(H,16,18)(H,19,20). The fraction of sp³-hybridized carbons (Fsp3) is 0.0667. The molecule has 0 unspecified atom stereocenters. The van der Waals surface area contributed by atoms with E-state index in [4.69, 9.17) is 5.11 Å². The molecule has 0 aliphatic carbocycles. The minimum absolute atomic E-state index is 0.101. The van der Waals surface area contributed by atoms with Crippen LogP contribution in [0.15, 0.2) is 42.5 Å². The number of carboxylic acids is 1. The number of carbonyl (C=O) groups is 2. The molecule has 102 valence electrons. The molecular weight excluding hydrogens is 258 g/mol. The molecule has 0 radical (unpaired) electrons. The van der Waals surface area contributed by atoms with Crippen LogP contribution in [0.4, 0.5) is 5.69 Å². The third-order valence-corrected chi connectivity index (χ3v) is 2.86. The highest BCUT2D eigenvalue weighted by Gasteiger charge is 2.09. The van der Waals surface area contributed by atoms with Gasteiger partial charge in [0.2, 0.25) is 0 Å². The SMILES string of the molecule is Cc1ccc(NC(=O)c2ccc(C(=O)O)cc2)cc1O. The van der Waals surface area contributed by atoms with Gasteiger partial charge in [0, 0.05) is 17.3 Å². The maximum atomic E-state index is 12.0. The quantitative estimate of drug-likeness (QED) is 0.801. The Morgan fingerprint density at radius 3 is 2.15 bits per heavy atom. The first-order valence-electron chi connectivity index (χ1n) is 5.91. The average molecular weight is 271 g/mol. The number of aryl methyl sites for hydroxylation is 1. The topological polar surface area (TPSA) is 86.6 Å². The van der Waals surface area contributed by atoms with Crippen LogP contribution in [0.3, 0.4) is 0 Å². The summed E-state index contributed by atoms with van der Waals surface area (Å²) in [6.07, 6.45) is 0. The number of carboxylic acid groups (broad SMARTS) is 1. The number of aromatic hydroxyl groups is 1. The number of nitrogens with one attached hydrogen (secondary N) is 1. The third kappa shape index (κ3) is 2.95. The molecule has 0 aliphatic heterocycles. The lowest BCUT2D eigenvalue weighted by Gasteiger charge is -2.07. The largest absolute Gasteiger partial charge is 0.508 e. The van der Waals surface area contributed by atoms with Crippen LogP contribution in [0.5, 0.6) is 5.75 Å². The van der Waals surface area contributed by atoms with Crippen LogP contribution < -0.4 is 5.32 Å². The van der Waals surface area contributed by atoms with E-state index in [1.807, 2.05) is 0 Å². The number of carbonyl (C=O) groups excluding carboxylic acids is 1. The molecule has 2 rings (SSSR count). The molecule has 2 aromatic carbocycles. The molecule has 5 nitrogen and oxygen atoms in total. The number of hydrogen-bond acceptors (Lipinski definition) is 3. The molecule has 0 heterocycles. The first-order chi connectivity index (χ1) is 9.47. The van der Waals surface area contributed by atoms with Crippen molar-refractivity contribution in [2.24, 2.45) is 0 Å². The number of phenols is 1. The Morgan fingerprint density at radius 1 is 1.00 bits per heavy atom. The van der Waals surface area contributed by atoms with Gasteiger partial charge in [0.05, 0.1) is 5.56 Å². The second kappa shape index (κ2) is 5.44. The van der Waals surface area contributed by atoms with Gasteiger partial charge in [-0.15, -0.1) is 0 Å². The Hall–Kier alpha value is -2.82. The number of phenolic OH excluding ortho intramolecular Hbond substituents is 1. The predicted molar refractivity (Wildman–Crippen MR) is 74.2 cm³/mol. The van der Waals surface area contributed by atoms with E-state index in [2.05, 4.69) is 5.32 Å². The molecular formula is C15H13NO4. The number of benzene rings is 2. The molecule has 3 N–H and O–H groups in total. The Kier molecular flexibility index (Phi) is 3.70. The van der Waals surface area contributed by atoms with Gasteiger partial charge in [0.1, 0.15) is 5.75 Å². The molecule has 1 amide bonds. The smallest absolute Gasteiger partial charge is 0.335 e. The van der Waals surface area contributed by atoms with Crippen molar-refractivity contribution in [2.75, 3.05) is 5.32 Å². The first kappa shape index (κ1) is 13.6. The highest BCUT2D eigenvalue weighted by Crippen LogP contribution is 2.21. The molecule has 0 fully saturated rings. The first-order valence-corrected chi connectivity index (χ1v) is 5.91. The number of aromatic carboxylic acids is 1. The summed E-state index contributed by atoms with van der Waals surface area (Å²) in [5.74, 6) is -1.31. The Labute approximate surface area is 115 Å². The maximum Gasteiger partial charge on any atom is 0.335 e. The number of hydrogen-bond donors (Lipinski definition) is 3. The molecule has 0 saturated carbocycles. The summed E-state index contributed by atoms with van der Waals surface area (Å²) >= 11 is 0. The summed E-state index contributed by atoms with van der Waals surface area (Å²) in [6, 6.07) is 10.4. The highest BCUT2D eigenvalue weighted by molar-refractivity contribution is 6.04. The summed E-state index contributed by atoms with van der Waals surface area (Å²) in [6.45, 7) is 1.76. The zero-order chi connectivity index (χ0) is 14.7. The summed E-state index contributed by atoms with van der Waals surface area (Å²) < 4.78 is 0. The van der Waals surface area contributed by atoms with Gasteiger partial charge in [-0.1, -0.05) is 6.07 Å². The minimum Gasteiger partial charge on any atom is -0.508 e. The van der Waals surface area contributed by atoms with E-state index in [0.29, 0.717) is 16.8 Å². The van der Waals surface area contributed by atoms with Crippen molar-refractivity contribution in [3.63, 3.8) is 0 Å². The van der Waals surface area contributed by atoms with E-state index in [1.54, 1.807) is 19.1 Å². The van der Waals surface area contributed by atoms with E-state index >= 15 is 0 Å². The van der Waals surface area contributed by atoms with Gasteiger partial charge in [0.25, 0.3) is 5.91 Å². The third-order valence-electron chi connectivity index (χ3n) is 2.86. The Balaban J connectivity index is 2.15. The van der Waals surface area contributed by atoms with Crippen molar-refractivity contribution in [3.8, 4) is 5.75 Å². The molecule has 2 aromatic rings. The van der Waals surface area contributed by atoms with E-state index < -0.39 is 5.97 Å². The van der Waals surface area contributed by atoms with E-state index in [-0.39, 0.29) is 17.2 Å². The molecule has 5 heteroatoms. The van der Waals surface area contributed by atoms with Gasteiger partial charge in [0.15, 0.2) is 0 Å². The van der Waals surface area contributed by atoms with Gasteiger partial charge in [-0.2, -0.15) is 0 Å². The summed E-state index contributed by atoms with van der Waals surface area (Å²) in [5.41, 5.74) is 1.65. The van der Waals surface area contributed by atoms with Crippen LogP contribution in [0.2, 0.25) is 0 Å². The Bertz CT molecular complexity index is 662. The predicted octanol–water partition coefficient (Wildman–Crippen LogP) is 2.65. The van der Waals surface area contributed by atoms with E-state index in [1.165, 1.54) is 30.3 Å². The molecule has 0 aromatic heterocycles. The Morgan fingerprint density at radius 2 is 1.60 bits per heavy atom. The second-order valence-corrected chi connectivity index (χ2v) is 4.34. The van der Waals surface area contributed by atoms with Crippen LogP contribution >= 0.6 is 0 Å². The number of amides is 1. The highest BCUT2D eigenvalue weighted by atomic mass is 16.4. The fourth-order valence-corrected chi connectivity index (χ4v) is 1.65. The molecule has 0 spiro atoms. The minimum atomic E-state index is -1.04. The van der Waals surface area contributed by atoms with Crippen LogP contribution in [-0.2, 0) is 0 Å². The van der Waals surface area contributed by atoms with Gasteiger partial charge in [-0.25, -0.2) is 4.79 Å². The lowest BCUT2D eigenvalue weighted by atomic mass is 10.1. The lowest BCUT2D eigenvalue weighted by molar-refractivity contribution is 0.0696. The maximum absolute atomic E-state index is 12.0. The molecule has 0 saturated heterocycles. The van der Waals surface area contributed by atoms with Crippen molar-refractivity contribution in [3.05, 3.63) is 59.2 Å². The second-order valence-electron chi connectivity index (χ2n) is 4.34. The normalized spacial score (nSPS) is 10.1. The van der Waals surface area contributed by atoms with Gasteiger partial charge in [-0.3, -0.25) is 4.79 Å². The lowest BCUT2D eigenvalue weighted by Crippen LogP contribution is -2.12. The summed E-state index contributed by atoms with van der Waals surface area (Å²) in [7, 11) is 0. The van der Waals surface area contributed by atoms with Crippen LogP contribution in [-0.4, -0.2) is 22.1 Å². The average Bonchev–Trinajstić information content (AvgIpc) is 2.43. The molecule has 0 atom stereocenters. The van der Waals surface area contributed by atoms with Crippen molar-refractivity contribution in [2.45, 2.75) is 6.92 Å². The van der Waals surface area contributed by atoms with Crippen molar-refractivity contribution in [1.82, 2.24) is 0 Å². The number of rotatable bonds is 3. The van der Waals surface area contributed by atoms with E-state index in [0.717, 1.165) is 0 Å². The van der Waals surface area contributed by atoms with Gasteiger partial charge < -0.3 is 15.5 Å². The van der Waals surface area contributed by atoms with E-state index in [9.17, 15) is 14.7 Å². The van der Waals surface area contributed by atoms with Crippen LogP contribution in [0.1, 0.15) is 26.3 Å². The van der Waals surface area contributed by atoms with Crippen molar-refractivity contribution < 1.29 is 19.8 Å². The molecule has 0 bridgehead atoms. The van der Waals surface area contributed by atoms with Gasteiger partial charge in [-0.05, 0) is 42.8 Å². The molecule has 0 aliphatic rings. The van der Waals surface area contributed by atoms with Crippen LogP contribution in [0, 0.1) is 6.92 Å². The van der Waals surface area contributed by atoms with Gasteiger partial charge >= 0.3 is 5.97 Å². The number of anilines is 1. The zero-order valence-corrected chi connectivity index (χ0v) is 10.8. The van der Waals surface area contributed by atoms with Crippen LogP contribution in [0.25, 0.3) is 0 Å². The summed E-state index contributed by atoms with van der Waals surface area (Å²) in [4.78, 5) is 22.7. The fourth-order valence-electron chi connectivity index (χ4n) is 1.65. The van der Waals surface area contributed by atoms with Crippen molar-refractivity contribution in [1.29, 1.82) is 0 Å². The summed E-state index contributed by atoms with van der Waals surface area (Å²) in [5, 5.41) is 21.0. The molecule has 20 heavy (non-hydrogen) atoms. The zero-order valence-electron chi connectivity index (χ0n) is 10.8. The monoisotopic (exact) mass is 271 g/mol.